The molecule has 0 aliphatic carbocycles. The molecule has 0 saturated heterocycles. The van der Waals surface area contributed by atoms with E-state index in [1.54, 1.807) is 13.1 Å². The fourth-order valence-corrected chi connectivity index (χ4v) is 2.18. The minimum Gasteiger partial charge on any atom is -0.310 e. The number of nitrogens with zero attached hydrogens (tertiary/aromatic N) is 3. The van der Waals surface area contributed by atoms with Crippen LogP contribution in [0, 0.1) is 13.8 Å². The van der Waals surface area contributed by atoms with Gasteiger partial charge in [0.2, 0.25) is 0 Å². The van der Waals surface area contributed by atoms with Crippen molar-refractivity contribution >= 4 is 0 Å². The highest BCUT2D eigenvalue weighted by Crippen LogP contribution is 2.11. The van der Waals surface area contributed by atoms with Gasteiger partial charge in [-0.05, 0) is 26.8 Å². The third kappa shape index (κ3) is 2.90. The van der Waals surface area contributed by atoms with Crippen molar-refractivity contribution in [2.75, 3.05) is 0 Å². The summed E-state index contributed by atoms with van der Waals surface area (Å²) >= 11 is 0. The van der Waals surface area contributed by atoms with Crippen LogP contribution in [0.5, 0.6) is 0 Å². The summed E-state index contributed by atoms with van der Waals surface area (Å²) in [4.78, 5) is 19.0. The SMILES string of the molecule is Cc1nc(C)c(C(C)NCc2ccnn2C)c(=O)[nH]1. The molecular formula is C13H19N5O. The van der Waals surface area contributed by atoms with Gasteiger partial charge in [0.15, 0.2) is 0 Å². The summed E-state index contributed by atoms with van der Waals surface area (Å²) in [6.07, 6.45) is 1.76. The maximum absolute atomic E-state index is 12.0. The van der Waals surface area contributed by atoms with E-state index >= 15 is 0 Å². The van der Waals surface area contributed by atoms with Crippen molar-refractivity contribution in [2.45, 2.75) is 33.4 Å². The number of rotatable bonds is 4. The first-order valence-electron chi connectivity index (χ1n) is 6.26. The first kappa shape index (κ1) is 13.5. The molecule has 2 N–H and O–H groups in total. The molecule has 1 atom stereocenters. The van der Waals surface area contributed by atoms with Crippen LogP contribution in [0.25, 0.3) is 0 Å². The summed E-state index contributed by atoms with van der Waals surface area (Å²) in [5, 5.41) is 7.43. The Labute approximate surface area is 111 Å². The average molecular weight is 261 g/mol. The summed E-state index contributed by atoms with van der Waals surface area (Å²) in [7, 11) is 1.90. The zero-order valence-electron chi connectivity index (χ0n) is 11.7. The molecule has 0 spiro atoms. The smallest absolute Gasteiger partial charge is 0.255 e. The number of aryl methyl sites for hydroxylation is 3. The molecule has 6 nitrogen and oxygen atoms in total. The van der Waals surface area contributed by atoms with E-state index in [0.29, 0.717) is 17.9 Å². The summed E-state index contributed by atoms with van der Waals surface area (Å²) in [6, 6.07) is 1.89. The monoisotopic (exact) mass is 261 g/mol. The van der Waals surface area contributed by atoms with Gasteiger partial charge in [-0.3, -0.25) is 9.48 Å². The molecule has 2 aromatic heterocycles. The summed E-state index contributed by atoms with van der Waals surface area (Å²) in [5.74, 6) is 0.644. The lowest BCUT2D eigenvalue weighted by molar-refractivity contribution is 0.539. The summed E-state index contributed by atoms with van der Waals surface area (Å²) in [5.41, 5.74) is 2.45. The number of H-pyrrole nitrogens is 1. The largest absolute Gasteiger partial charge is 0.310 e. The van der Waals surface area contributed by atoms with Crippen LogP contribution in [0.3, 0.4) is 0 Å². The van der Waals surface area contributed by atoms with E-state index in [1.165, 1.54) is 0 Å². The maximum Gasteiger partial charge on any atom is 0.255 e. The highest BCUT2D eigenvalue weighted by molar-refractivity contribution is 5.20. The van der Waals surface area contributed by atoms with Gasteiger partial charge in [0.25, 0.3) is 5.56 Å². The quantitative estimate of drug-likeness (QED) is 0.860. The lowest BCUT2D eigenvalue weighted by Gasteiger charge is -2.15. The number of hydrogen-bond donors (Lipinski definition) is 2. The third-order valence-electron chi connectivity index (χ3n) is 3.21. The highest BCUT2D eigenvalue weighted by atomic mass is 16.1. The molecule has 19 heavy (non-hydrogen) atoms. The summed E-state index contributed by atoms with van der Waals surface area (Å²) < 4.78 is 1.81. The van der Waals surface area contributed by atoms with Crippen molar-refractivity contribution in [2.24, 2.45) is 7.05 Å². The van der Waals surface area contributed by atoms with Gasteiger partial charge in [-0.25, -0.2) is 4.98 Å². The van der Waals surface area contributed by atoms with Crippen LogP contribution in [0.2, 0.25) is 0 Å². The Morgan fingerprint density at radius 3 is 2.79 bits per heavy atom. The highest BCUT2D eigenvalue weighted by Gasteiger charge is 2.14. The normalized spacial score (nSPS) is 12.6. The molecule has 102 valence electrons. The Morgan fingerprint density at radius 1 is 1.47 bits per heavy atom. The minimum absolute atomic E-state index is 0.0632. The van der Waals surface area contributed by atoms with Gasteiger partial charge in [0, 0.05) is 31.5 Å². The Hall–Kier alpha value is -1.95. The number of aromatic nitrogens is 4. The first-order valence-corrected chi connectivity index (χ1v) is 6.26. The van der Waals surface area contributed by atoms with Gasteiger partial charge in [-0.15, -0.1) is 0 Å². The predicted molar refractivity (Wildman–Crippen MR) is 72.8 cm³/mol. The lowest BCUT2D eigenvalue weighted by Crippen LogP contribution is -2.28. The molecule has 0 radical (unpaired) electrons. The molecule has 0 saturated carbocycles. The van der Waals surface area contributed by atoms with Gasteiger partial charge in [-0.2, -0.15) is 5.10 Å². The van der Waals surface area contributed by atoms with Gasteiger partial charge in [0.05, 0.1) is 11.3 Å². The standard InChI is InChI=1S/C13H19N5O/c1-8(14-7-11-5-6-15-18(11)4)12-9(2)16-10(3)17-13(12)19/h5-6,8,14H,7H2,1-4H3,(H,16,17,19). The van der Waals surface area contributed by atoms with Crippen LogP contribution in [-0.2, 0) is 13.6 Å². The Bertz CT molecular complexity index is 628. The fraction of sp³-hybridized carbons (Fsp3) is 0.462. The second kappa shape index (κ2) is 5.36. The van der Waals surface area contributed by atoms with Crippen molar-refractivity contribution < 1.29 is 0 Å². The predicted octanol–water partition coefficient (Wildman–Crippen LogP) is 0.971. The molecule has 2 aromatic rings. The topological polar surface area (TPSA) is 75.6 Å². The molecule has 0 amide bonds. The molecule has 0 aliphatic heterocycles. The van der Waals surface area contributed by atoms with E-state index in [2.05, 4.69) is 20.4 Å². The summed E-state index contributed by atoms with van der Waals surface area (Å²) in [6.45, 7) is 6.26. The van der Waals surface area contributed by atoms with E-state index in [9.17, 15) is 4.79 Å². The second-order valence-electron chi connectivity index (χ2n) is 4.70. The second-order valence-corrected chi connectivity index (χ2v) is 4.70. The van der Waals surface area contributed by atoms with Crippen LogP contribution in [0.4, 0.5) is 0 Å². The molecular weight excluding hydrogens is 242 g/mol. The zero-order chi connectivity index (χ0) is 14.0. The Balaban J connectivity index is 2.15. The van der Waals surface area contributed by atoms with Crippen molar-refractivity contribution in [3.63, 3.8) is 0 Å². The van der Waals surface area contributed by atoms with Crippen LogP contribution in [0.1, 0.15) is 35.7 Å². The first-order chi connectivity index (χ1) is 8.99. The molecule has 0 aliphatic rings. The molecule has 1 unspecified atom stereocenters. The molecule has 2 heterocycles. The van der Waals surface area contributed by atoms with Crippen LogP contribution in [0.15, 0.2) is 17.1 Å². The Kier molecular flexibility index (Phi) is 3.80. The fourth-order valence-electron chi connectivity index (χ4n) is 2.18. The zero-order valence-corrected chi connectivity index (χ0v) is 11.7. The minimum atomic E-state index is -0.0741. The van der Waals surface area contributed by atoms with E-state index in [-0.39, 0.29) is 11.6 Å². The molecule has 6 heteroatoms. The Morgan fingerprint density at radius 2 is 2.21 bits per heavy atom. The molecule has 0 bridgehead atoms. The molecule has 0 fully saturated rings. The van der Waals surface area contributed by atoms with Crippen molar-refractivity contribution in [1.82, 2.24) is 25.1 Å². The number of hydrogen-bond acceptors (Lipinski definition) is 4. The van der Waals surface area contributed by atoms with Crippen LogP contribution in [-0.4, -0.2) is 19.7 Å². The molecule has 2 rings (SSSR count). The van der Waals surface area contributed by atoms with Gasteiger partial charge in [-0.1, -0.05) is 0 Å². The van der Waals surface area contributed by atoms with Crippen LogP contribution < -0.4 is 10.9 Å². The maximum atomic E-state index is 12.0. The number of aromatic amines is 1. The average Bonchev–Trinajstić information content (AvgIpc) is 2.70. The van der Waals surface area contributed by atoms with Gasteiger partial charge < -0.3 is 10.3 Å². The van der Waals surface area contributed by atoms with E-state index in [4.69, 9.17) is 0 Å². The number of nitrogens with one attached hydrogen (secondary N) is 2. The van der Waals surface area contributed by atoms with E-state index in [0.717, 1.165) is 11.4 Å². The van der Waals surface area contributed by atoms with Crippen molar-refractivity contribution in [3.05, 3.63) is 45.4 Å². The van der Waals surface area contributed by atoms with Gasteiger partial charge in [0.1, 0.15) is 5.82 Å². The lowest BCUT2D eigenvalue weighted by atomic mass is 10.1. The van der Waals surface area contributed by atoms with E-state index in [1.807, 2.05) is 31.6 Å². The third-order valence-corrected chi connectivity index (χ3v) is 3.21. The van der Waals surface area contributed by atoms with Gasteiger partial charge >= 0.3 is 0 Å². The van der Waals surface area contributed by atoms with Crippen LogP contribution >= 0.6 is 0 Å². The van der Waals surface area contributed by atoms with Crippen molar-refractivity contribution in [1.29, 1.82) is 0 Å². The van der Waals surface area contributed by atoms with E-state index < -0.39 is 0 Å². The van der Waals surface area contributed by atoms with Crippen molar-refractivity contribution in [3.8, 4) is 0 Å². The molecule has 0 aromatic carbocycles.